The first kappa shape index (κ1) is 29.9. The third-order valence-electron chi connectivity index (χ3n) is 8.55. The van der Waals surface area contributed by atoms with E-state index in [-0.39, 0.29) is 11.8 Å². The Morgan fingerprint density at radius 3 is 2.02 bits per heavy atom. The molecule has 0 saturated carbocycles. The Labute approximate surface area is 258 Å². The summed E-state index contributed by atoms with van der Waals surface area (Å²) in [5, 5.41) is 13.5. The number of carbonyl (C=O) groups is 1. The number of ketones is 1. The zero-order valence-electron chi connectivity index (χ0n) is 25.9. The van der Waals surface area contributed by atoms with E-state index in [0.29, 0.717) is 30.7 Å². The molecule has 0 spiro atoms. The van der Waals surface area contributed by atoms with E-state index in [9.17, 15) is 4.79 Å². The monoisotopic (exact) mass is 591 g/mol. The number of carbonyl (C=O) groups excluding carboxylic acids is 1. The molecule has 0 aliphatic carbocycles. The summed E-state index contributed by atoms with van der Waals surface area (Å²) in [6, 6.07) is 24.9. The molecule has 0 amide bonds. The average Bonchev–Trinajstić information content (AvgIpc) is 3.78. The lowest BCUT2D eigenvalue weighted by molar-refractivity contribution is 0.0949. The number of Topliss-reactive ketones (excluding diaryl/α,β-unsaturated/α-hetero) is 1. The van der Waals surface area contributed by atoms with Gasteiger partial charge >= 0.3 is 0 Å². The maximum Gasteiger partial charge on any atom is 0.179 e. The van der Waals surface area contributed by atoms with Crippen LogP contribution in [0.2, 0.25) is 0 Å². The first-order chi connectivity index (χ1) is 21.4. The molecule has 0 saturated heterocycles. The van der Waals surface area contributed by atoms with Crippen molar-refractivity contribution in [1.82, 2.24) is 16.0 Å². The van der Waals surface area contributed by atoms with Gasteiger partial charge in [0.05, 0.1) is 25.4 Å². The van der Waals surface area contributed by atoms with Gasteiger partial charge in [0.25, 0.3) is 0 Å². The summed E-state index contributed by atoms with van der Waals surface area (Å²) in [7, 11) is 2.00. The predicted octanol–water partition coefficient (Wildman–Crippen LogP) is 7.55. The molecule has 228 valence electrons. The molecule has 7 heteroatoms. The number of hydrogen-bond acceptors (Lipinski definition) is 7. The number of nitrogens with one attached hydrogen (secondary N) is 3. The predicted molar refractivity (Wildman–Crippen MR) is 176 cm³/mol. The summed E-state index contributed by atoms with van der Waals surface area (Å²) in [6.07, 6.45) is 4.54. The van der Waals surface area contributed by atoms with Crippen molar-refractivity contribution in [3.05, 3.63) is 107 Å². The van der Waals surface area contributed by atoms with E-state index in [2.05, 4.69) is 72.3 Å². The molecular weight excluding hydrogens is 550 g/mol. The van der Waals surface area contributed by atoms with Crippen LogP contribution in [0.4, 0.5) is 0 Å². The van der Waals surface area contributed by atoms with Gasteiger partial charge in [0, 0.05) is 33.8 Å². The molecule has 0 fully saturated rings. The lowest BCUT2D eigenvalue weighted by Crippen LogP contribution is -2.33. The number of furan rings is 3. The van der Waals surface area contributed by atoms with Crippen LogP contribution in [-0.4, -0.2) is 31.0 Å². The van der Waals surface area contributed by atoms with Crippen LogP contribution in [-0.2, 0) is 25.9 Å². The molecule has 0 bridgehead atoms. The van der Waals surface area contributed by atoms with Gasteiger partial charge in [0.2, 0.25) is 0 Å². The van der Waals surface area contributed by atoms with Crippen molar-refractivity contribution in [1.29, 1.82) is 0 Å². The zero-order valence-corrected chi connectivity index (χ0v) is 25.9. The minimum Gasteiger partial charge on any atom is -0.464 e. The molecule has 0 aliphatic heterocycles. The molecular formula is C37H41N3O4. The minimum absolute atomic E-state index is 0.0381. The van der Waals surface area contributed by atoms with Crippen LogP contribution >= 0.6 is 0 Å². The van der Waals surface area contributed by atoms with Crippen LogP contribution in [0.15, 0.2) is 92.3 Å². The van der Waals surface area contributed by atoms with E-state index < -0.39 is 0 Å². The highest BCUT2D eigenvalue weighted by Crippen LogP contribution is 2.24. The number of rotatable bonds is 14. The van der Waals surface area contributed by atoms with Gasteiger partial charge < -0.3 is 29.2 Å². The fourth-order valence-electron chi connectivity index (χ4n) is 5.79. The number of likely N-dealkylation sites (N-methyl/N-ethyl adjacent to an activating group) is 1. The molecule has 3 aromatic carbocycles. The third kappa shape index (κ3) is 6.81. The van der Waals surface area contributed by atoms with Crippen molar-refractivity contribution >= 4 is 38.7 Å². The van der Waals surface area contributed by atoms with Gasteiger partial charge in [-0.1, -0.05) is 19.1 Å². The van der Waals surface area contributed by atoms with Gasteiger partial charge in [-0.15, -0.1) is 0 Å². The second kappa shape index (κ2) is 13.2. The average molecular weight is 592 g/mol. The molecule has 3 unspecified atom stereocenters. The molecule has 0 aliphatic rings. The number of fused-ring (bicyclic) bond motifs is 3. The fourth-order valence-corrected chi connectivity index (χ4v) is 5.79. The Bertz CT molecular complexity index is 1880. The van der Waals surface area contributed by atoms with E-state index in [1.165, 1.54) is 11.1 Å². The Hall–Kier alpha value is -4.17. The van der Waals surface area contributed by atoms with E-state index in [0.717, 1.165) is 63.7 Å². The summed E-state index contributed by atoms with van der Waals surface area (Å²) >= 11 is 0. The molecule has 3 aromatic heterocycles. The van der Waals surface area contributed by atoms with Crippen LogP contribution in [0.25, 0.3) is 32.9 Å². The fraction of sp³-hybridized carbons (Fsp3) is 0.324. The maximum atomic E-state index is 13.0. The van der Waals surface area contributed by atoms with E-state index in [4.69, 9.17) is 13.3 Å². The van der Waals surface area contributed by atoms with Crippen molar-refractivity contribution in [3.63, 3.8) is 0 Å². The van der Waals surface area contributed by atoms with E-state index in [1.54, 1.807) is 6.26 Å². The first-order valence-electron chi connectivity index (χ1n) is 15.6. The standard InChI is InChI=1S/C37H41N3O4/c1-5-31(40-22-33-20-29-15-25(14-23(2)38-4)6-9-35(29)44-33)17-26-7-10-36-30(16-26)19-32(43-36)21-39-24(3)37(41)28-8-11-34-27(18-28)12-13-42-34/h6-13,15-16,18-20,23-24,31,38-40H,5,14,17,21-22H2,1-4H3. The summed E-state index contributed by atoms with van der Waals surface area (Å²) in [5.74, 6) is 1.80. The molecule has 6 rings (SSSR count). The van der Waals surface area contributed by atoms with Crippen molar-refractivity contribution in [2.75, 3.05) is 7.05 Å². The van der Waals surface area contributed by atoms with Crippen LogP contribution < -0.4 is 16.0 Å². The summed E-state index contributed by atoms with van der Waals surface area (Å²) in [5.41, 5.74) is 5.79. The third-order valence-corrected chi connectivity index (χ3v) is 8.55. The quantitative estimate of drug-likeness (QED) is 0.113. The van der Waals surface area contributed by atoms with Crippen LogP contribution in [0, 0.1) is 0 Å². The second-order valence-electron chi connectivity index (χ2n) is 11.9. The van der Waals surface area contributed by atoms with Crippen LogP contribution in [0.1, 0.15) is 60.2 Å². The molecule has 3 heterocycles. The second-order valence-corrected chi connectivity index (χ2v) is 11.9. The van der Waals surface area contributed by atoms with Crippen molar-refractivity contribution in [2.24, 2.45) is 0 Å². The first-order valence-corrected chi connectivity index (χ1v) is 15.6. The number of hydrogen-bond donors (Lipinski definition) is 3. The van der Waals surface area contributed by atoms with E-state index in [1.807, 2.05) is 44.3 Å². The van der Waals surface area contributed by atoms with Crippen molar-refractivity contribution in [3.8, 4) is 0 Å². The topological polar surface area (TPSA) is 92.6 Å². The molecule has 3 atom stereocenters. The minimum atomic E-state index is -0.352. The van der Waals surface area contributed by atoms with Gasteiger partial charge in [-0.25, -0.2) is 0 Å². The Balaban J connectivity index is 1.04. The molecule has 3 N–H and O–H groups in total. The highest BCUT2D eigenvalue weighted by molar-refractivity contribution is 6.02. The van der Waals surface area contributed by atoms with E-state index >= 15 is 0 Å². The molecule has 0 radical (unpaired) electrons. The normalized spacial score (nSPS) is 14.0. The van der Waals surface area contributed by atoms with Crippen LogP contribution in [0.5, 0.6) is 0 Å². The summed E-state index contributed by atoms with van der Waals surface area (Å²) < 4.78 is 17.6. The van der Waals surface area contributed by atoms with Gasteiger partial charge in [0.15, 0.2) is 5.78 Å². The highest BCUT2D eigenvalue weighted by atomic mass is 16.3. The lowest BCUT2D eigenvalue weighted by Gasteiger charge is -2.16. The smallest absolute Gasteiger partial charge is 0.179 e. The lowest BCUT2D eigenvalue weighted by atomic mass is 10.0. The zero-order chi connectivity index (χ0) is 30.6. The molecule has 44 heavy (non-hydrogen) atoms. The molecule has 7 nitrogen and oxygen atoms in total. The van der Waals surface area contributed by atoms with Crippen molar-refractivity contribution < 1.29 is 18.0 Å². The van der Waals surface area contributed by atoms with Gasteiger partial charge in [-0.05, 0) is 112 Å². The van der Waals surface area contributed by atoms with Gasteiger partial charge in [-0.3, -0.25) is 4.79 Å². The summed E-state index contributed by atoms with van der Waals surface area (Å²) in [4.78, 5) is 13.0. The van der Waals surface area contributed by atoms with Gasteiger partial charge in [-0.2, -0.15) is 0 Å². The molecule has 6 aromatic rings. The Kier molecular flexibility index (Phi) is 8.98. The number of benzene rings is 3. The SMILES string of the molecule is CCC(Cc1ccc2oc(CNC(C)C(=O)c3ccc4occc4c3)cc2c1)NCc1cc2cc(CC(C)NC)ccc2o1. The summed E-state index contributed by atoms with van der Waals surface area (Å²) in [6.45, 7) is 7.44. The Morgan fingerprint density at radius 1 is 0.727 bits per heavy atom. The highest BCUT2D eigenvalue weighted by Gasteiger charge is 2.17. The van der Waals surface area contributed by atoms with Crippen LogP contribution in [0.3, 0.4) is 0 Å². The Morgan fingerprint density at radius 2 is 1.36 bits per heavy atom. The van der Waals surface area contributed by atoms with Crippen molar-refractivity contribution in [2.45, 2.75) is 71.2 Å². The largest absolute Gasteiger partial charge is 0.464 e. The van der Waals surface area contributed by atoms with Gasteiger partial charge in [0.1, 0.15) is 28.3 Å². The maximum absolute atomic E-state index is 13.0.